The number of amides is 2. The molecular formula is C16H18N2O2. The van der Waals surface area contributed by atoms with Crippen molar-refractivity contribution in [2.75, 3.05) is 11.4 Å². The zero-order valence-electron chi connectivity index (χ0n) is 12.0. The molecule has 1 heterocycles. The Morgan fingerprint density at radius 2 is 2.05 bits per heavy atom. The normalized spacial score (nSPS) is 17.1. The number of anilines is 1. The van der Waals surface area contributed by atoms with Gasteiger partial charge in [0, 0.05) is 12.0 Å². The second-order valence-corrected chi connectivity index (χ2v) is 5.62. The van der Waals surface area contributed by atoms with Gasteiger partial charge in [0.15, 0.2) is 0 Å². The quantitative estimate of drug-likeness (QED) is 0.622. The maximum absolute atomic E-state index is 12.4. The molecule has 104 valence electrons. The molecule has 1 fully saturated rings. The summed E-state index contributed by atoms with van der Waals surface area (Å²) in [7, 11) is 0. The number of imide groups is 1. The highest BCUT2D eigenvalue weighted by Gasteiger charge is 2.45. The Labute approximate surface area is 118 Å². The van der Waals surface area contributed by atoms with Gasteiger partial charge in [-0.05, 0) is 24.6 Å². The van der Waals surface area contributed by atoms with Crippen LogP contribution in [0.15, 0.2) is 18.2 Å². The second-order valence-electron chi connectivity index (χ2n) is 5.62. The SMILES string of the molecule is Cc1ccc(N2C(=O)CC(C)(C)C2=O)c(C#CCN)c1. The minimum atomic E-state index is -0.652. The number of rotatable bonds is 1. The summed E-state index contributed by atoms with van der Waals surface area (Å²) in [6.07, 6.45) is 0.226. The van der Waals surface area contributed by atoms with Crippen LogP contribution >= 0.6 is 0 Å². The number of hydrogen-bond donors (Lipinski definition) is 1. The molecule has 0 unspecified atom stereocenters. The van der Waals surface area contributed by atoms with Crippen LogP contribution in [0.1, 0.15) is 31.4 Å². The van der Waals surface area contributed by atoms with E-state index in [2.05, 4.69) is 11.8 Å². The molecule has 0 spiro atoms. The molecule has 2 N–H and O–H groups in total. The van der Waals surface area contributed by atoms with Crippen LogP contribution in [0.3, 0.4) is 0 Å². The lowest BCUT2D eigenvalue weighted by Crippen LogP contribution is -2.33. The Kier molecular flexibility index (Phi) is 3.65. The first-order chi connectivity index (χ1) is 9.36. The van der Waals surface area contributed by atoms with E-state index in [0.717, 1.165) is 5.56 Å². The van der Waals surface area contributed by atoms with Crippen molar-refractivity contribution in [1.29, 1.82) is 0 Å². The van der Waals surface area contributed by atoms with E-state index in [1.807, 2.05) is 19.1 Å². The van der Waals surface area contributed by atoms with Gasteiger partial charge < -0.3 is 5.73 Å². The topological polar surface area (TPSA) is 63.4 Å². The minimum Gasteiger partial charge on any atom is -0.320 e. The minimum absolute atomic E-state index is 0.179. The Morgan fingerprint density at radius 3 is 2.60 bits per heavy atom. The van der Waals surface area contributed by atoms with Crippen LogP contribution in [0.2, 0.25) is 0 Å². The molecule has 4 nitrogen and oxygen atoms in total. The fraction of sp³-hybridized carbons (Fsp3) is 0.375. The van der Waals surface area contributed by atoms with Crippen LogP contribution < -0.4 is 10.6 Å². The molecule has 0 aromatic heterocycles. The lowest BCUT2D eigenvalue weighted by Gasteiger charge is -2.19. The van der Waals surface area contributed by atoms with Gasteiger partial charge in [0.2, 0.25) is 11.8 Å². The first-order valence-corrected chi connectivity index (χ1v) is 6.54. The molecule has 0 atom stereocenters. The molecule has 20 heavy (non-hydrogen) atoms. The number of carbonyl (C=O) groups excluding carboxylic acids is 2. The number of carbonyl (C=O) groups is 2. The largest absolute Gasteiger partial charge is 0.320 e. The smallest absolute Gasteiger partial charge is 0.239 e. The molecule has 0 bridgehead atoms. The van der Waals surface area contributed by atoms with Crippen LogP contribution in [-0.2, 0) is 9.59 Å². The van der Waals surface area contributed by atoms with Crippen molar-refractivity contribution in [1.82, 2.24) is 0 Å². The van der Waals surface area contributed by atoms with E-state index < -0.39 is 5.41 Å². The summed E-state index contributed by atoms with van der Waals surface area (Å²) in [6.45, 7) is 5.75. The molecular weight excluding hydrogens is 252 g/mol. The molecule has 1 aliphatic rings. The lowest BCUT2D eigenvalue weighted by molar-refractivity contribution is -0.124. The van der Waals surface area contributed by atoms with E-state index in [-0.39, 0.29) is 24.8 Å². The monoisotopic (exact) mass is 270 g/mol. The van der Waals surface area contributed by atoms with Crippen LogP contribution in [-0.4, -0.2) is 18.4 Å². The average molecular weight is 270 g/mol. The summed E-state index contributed by atoms with van der Waals surface area (Å²) in [4.78, 5) is 25.8. The predicted octanol–water partition coefficient (Wildman–Crippen LogP) is 1.59. The molecule has 2 amide bonds. The summed E-state index contributed by atoms with van der Waals surface area (Å²) in [6, 6.07) is 5.51. The highest BCUT2D eigenvalue weighted by atomic mass is 16.2. The van der Waals surface area contributed by atoms with Crippen molar-refractivity contribution in [3.05, 3.63) is 29.3 Å². The highest BCUT2D eigenvalue weighted by molar-refractivity contribution is 6.22. The summed E-state index contributed by atoms with van der Waals surface area (Å²) >= 11 is 0. The number of nitrogens with two attached hydrogens (primary N) is 1. The zero-order chi connectivity index (χ0) is 14.9. The van der Waals surface area contributed by atoms with E-state index in [9.17, 15) is 9.59 Å². The van der Waals surface area contributed by atoms with E-state index in [1.54, 1.807) is 19.9 Å². The Hall–Kier alpha value is -2.12. The van der Waals surface area contributed by atoms with Gasteiger partial charge in [0.25, 0.3) is 0 Å². The van der Waals surface area contributed by atoms with Gasteiger partial charge in [-0.25, -0.2) is 4.90 Å². The van der Waals surface area contributed by atoms with Crippen LogP contribution in [0.25, 0.3) is 0 Å². The van der Waals surface area contributed by atoms with Gasteiger partial charge in [-0.2, -0.15) is 0 Å². The Bertz CT molecular complexity index is 636. The number of benzene rings is 1. The number of hydrogen-bond acceptors (Lipinski definition) is 3. The molecule has 0 saturated carbocycles. The maximum atomic E-state index is 12.4. The van der Waals surface area contributed by atoms with Crippen molar-refractivity contribution in [3.63, 3.8) is 0 Å². The van der Waals surface area contributed by atoms with Crippen molar-refractivity contribution in [2.24, 2.45) is 11.1 Å². The van der Waals surface area contributed by atoms with Crippen molar-refractivity contribution < 1.29 is 9.59 Å². The molecule has 0 aliphatic carbocycles. The summed E-state index contributed by atoms with van der Waals surface area (Å²) < 4.78 is 0. The predicted molar refractivity (Wildman–Crippen MR) is 78.0 cm³/mol. The summed E-state index contributed by atoms with van der Waals surface area (Å²) in [5.41, 5.74) is 6.98. The van der Waals surface area contributed by atoms with E-state index >= 15 is 0 Å². The molecule has 1 aromatic carbocycles. The zero-order valence-corrected chi connectivity index (χ0v) is 12.0. The van der Waals surface area contributed by atoms with Gasteiger partial charge in [0.1, 0.15) is 0 Å². The Morgan fingerprint density at radius 1 is 1.35 bits per heavy atom. The molecule has 1 aromatic rings. The third kappa shape index (κ3) is 2.45. The Balaban J connectivity index is 2.53. The third-order valence-corrected chi connectivity index (χ3v) is 3.34. The van der Waals surface area contributed by atoms with Crippen molar-refractivity contribution >= 4 is 17.5 Å². The van der Waals surface area contributed by atoms with Crippen molar-refractivity contribution in [3.8, 4) is 11.8 Å². The van der Waals surface area contributed by atoms with Gasteiger partial charge in [-0.1, -0.05) is 31.8 Å². The van der Waals surface area contributed by atoms with Gasteiger partial charge >= 0.3 is 0 Å². The molecule has 0 radical (unpaired) electrons. The van der Waals surface area contributed by atoms with Gasteiger partial charge in [-0.15, -0.1) is 0 Å². The third-order valence-electron chi connectivity index (χ3n) is 3.34. The average Bonchev–Trinajstić information content (AvgIpc) is 2.57. The molecule has 1 aliphatic heterocycles. The fourth-order valence-corrected chi connectivity index (χ4v) is 2.28. The highest BCUT2D eigenvalue weighted by Crippen LogP contribution is 2.36. The number of aryl methyl sites for hydroxylation is 1. The van der Waals surface area contributed by atoms with E-state index in [0.29, 0.717) is 11.3 Å². The summed E-state index contributed by atoms with van der Waals surface area (Å²) in [5, 5.41) is 0. The van der Waals surface area contributed by atoms with Crippen LogP contribution in [0.4, 0.5) is 5.69 Å². The van der Waals surface area contributed by atoms with E-state index in [4.69, 9.17) is 5.73 Å². The molecule has 4 heteroatoms. The van der Waals surface area contributed by atoms with Gasteiger partial charge in [-0.3, -0.25) is 9.59 Å². The second kappa shape index (κ2) is 5.10. The standard InChI is InChI=1S/C16H18N2O2/c1-11-6-7-13(12(9-11)5-4-8-17)18-14(19)10-16(2,3)15(18)20/h6-7,9H,8,10,17H2,1-3H3. The first kappa shape index (κ1) is 14.3. The summed E-state index contributed by atoms with van der Waals surface area (Å²) in [5.74, 6) is 5.35. The number of nitrogens with zero attached hydrogens (tertiary/aromatic N) is 1. The first-order valence-electron chi connectivity index (χ1n) is 6.54. The lowest BCUT2D eigenvalue weighted by atomic mass is 9.92. The molecule has 1 saturated heterocycles. The van der Waals surface area contributed by atoms with E-state index in [1.165, 1.54) is 4.90 Å². The van der Waals surface area contributed by atoms with Crippen molar-refractivity contribution in [2.45, 2.75) is 27.2 Å². The van der Waals surface area contributed by atoms with Crippen LogP contribution in [0.5, 0.6) is 0 Å². The fourth-order valence-electron chi connectivity index (χ4n) is 2.28. The van der Waals surface area contributed by atoms with Gasteiger partial charge in [0.05, 0.1) is 17.6 Å². The van der Waals surface area contributed by atoms with Crippen LogP contribution in [0, 0.1) is 24.2 Å². The maximum Gasteiger partial charge on any atom is 0.239 e. The molecule has 2 rings (SSSR count).